The van der Waals surface area contributed by atoms with Crippen LogP contribution in [0.4, 0.5) is 4.39 Å². The third-order valence-corrected chi connectivity index (χ3v) is 6.62. The van der Waals surface area contributed by atoms with Crippen molar-refractivity contribution in [3.05, 3.63) is 107 Å². The zero-order chi connectivity index (χ0) is 28.2. The van der Waals surface area contributed by atoms with Gasteiger partial charge in [0.2, 0.25) is 17.2 Å². The summed E-state index contributed by atoms with van der Waals surface area (Å²) in [4.78, 5) is 56.9. The zero-order valence-electron chi connectivity index (χ0n) is 22.1. The van der Waals surface area contributed by atoms with E-state index in [2.05, 4.69) is 5.32 Å². The van der Waals surface area contributed by atoms with Crippen LogP contribution in [-0.2, 0) is 37.0 Å². The molecule has 0 aromatic heterocycles. The van der Waals surface area contributed by atoms with Gasteiger partial charge in [-0.15, -0.1) is 0 Å². The molecule has 2 unspecified atom stereocenters. The Hall–Kier alpha value is -4.33. The Balaban J connectivity index is 1.85. The highest BCUT2D eigenvalue weighted by Crippen LogP contribution is 2.47. The molecule has 0 radical (unpaired) electrons. The molecule has 0 bridgehead atoms. The first kappa shape index (κ1) is 27.7. The number of amides is 3. The van der Waals surface area contributed by atoms with Gasteiger partial charge < -0.3 is 10.1 Å². The Labute approximate surface area is 227 Å². The van der Waals surface area contributed by atoms with E-state index in [-0.39, 0.29) is 19.5 Å². The molecule has 4 rings (SSSR count). The van der Waals surface area contributed by atoms with Crippen LogP contribution in [0.15, 0.2) is 84.9 Å². The molecule has 0 saturated carbocycles. The minimum absolute atomic E-state index is 0.0419. The first-order chi connectivity index (χ1) is 18.5. The highest BCUT2D eigenvalue weighted by Gasteiger charge is 2.65. The topological polar surface area (TPSA) is 92.8 Å². The minimum atomic E-state index is -2.43. The molecule has 202 valence electrons. The number of carbonyl (C=O) groups excluding carboxylic acids is 4. The van der Waals surface area contributed by atoms with Gasteiger partial charge in [0.15, 0.2) is 0 Å². The lowest BCUT2D eigenvalue weighted by Gasteiger charge is -2.44. The summed E-state index contributed by atoms with van der Waals surface area (Å²) in [5.74, 6) is -5.22. The molecule has 1 heterocycles. The summed E-state index contributed by atoms with van der Waals surface area (Å²) < 4.78 is 19.5. The molecule has 1 fully saturated rings. The quantitative estimate of drug-likeness (QED) is 0.276. The van der Waals surface area contributed by atoms with Crippen molar-refractivity contribution in [1.82, 2.24) is 10.2 Å². The van der Waals surface area contributed by atoms with Crippen molar-refractivity contribution in [3.8, 4) is 0 Å². The van der Waals surface area contributed by atoms with Crippen LogP contribution in [0, 0.1) is 11.2 Å². The number of nitrogens with one attached hydrogen (secondary N) is 1. The average Bonchev–Trinajstić information content (AvgIpc) is 2.90. The van der Waals surface area contributed by atoms with E-state index in [9.17, 15) is 23.6 Å². The number of rotatable bonds is 7. The normalized spacial score (nSPS) is 19.5. The van der Waals surface area contributed by atoms with Gasteiger partial charge >= 0.3 is 5.97 Å². The number of hydrogen-bond acceptors (Lipinski definition) is 5. The molecule has 0 spiro atoms. The van der Waals surface area contributed by atoms with E-state index in [0.29, 0.717) is 11.1 Å². The number of benzene rings is 3. The number of piperidine rings is 1. The predicted octanol–water partition coefficient (Wildman–Crippen LogP) is 4.51. The molecule has 1 aliphatic rings. The first-order valence-corrected chi connectivity index (χ1v) is 12.7. The molecule has 1 saturated heterocycles. The van der Waals surface area contributed by atoms with Gasteiger partial charge in [0.25, 0.3) is 5.91 Å². The Kier molecular flexibility index (Phi) is 7.95. The first-order valence-electron chi connectivity index (χ1n) is 12.7. The van der Waals surface area contributed by atoms with Crippen LogP contribution in [0.5, 0.6) is 0 Å². The number of carbonyl (C=O) groups is 4. The lowest BCUT2D eigenvalue weighted by atomic mass is 9.65. The number of halogens is 1. The maximum Gasteiger partial charge on any atom is 0.332 e. The lowest BCUT2D eigenvalue weighted by molar-refractivity contribution is -0.183. The molecule has 0 aliphatic carbocycles. The van der Waals surface area contributed by atoms with Crippen molar-refractivity contribution in [2.24, 2.45) is 5.41 Å². The summed E-state index contributed by atoms with van der Waals surface area (Å²) in [6.45, 7) is 4.82. The van der Waals surface area contributed by atoms with Crippen LogP contribution in [0.25, 0.3) is 0 Å². The minimum Gasteiger partial charge on any atom is -0.459 e. The van der Waals surface area contributed by atoms with Gasteiger partial charge in [0.05, 0.1) is 6.54 Å². The summed E-state index contributed by atoms with van der Waals surface area (Å²) >= 11 is 0. The fourth-order valence-electron chi connectivity index (χ4n) is 4.76. The Bertz CT molecular complexity index is 1350. The third-order valence-electron chi connectivity index (χ3n) is 6.62. The van der Waals surface area contributed by atoms with Gasteiger partial charge in [-0.1, -0.05) is 72.8 Å². The van der Waals surface area contributed by atoms with Crippen molar-refractivity contribution in [2.75, 3.05) is 0 Å². The van der Waals surface area contributed by atoms with E-state index >= 15 is 0 Å². The molecule has 2 atom stereocenters. The monoisotopic (exact) mass is 530 g/mol. The second kappa shape index (κ2) is 11.2. The van der Waals surface area contributed by atoms with Crippen molar-refractivity contribution in [2.45, 2.75) is 51.8 Å². The summed E-state index contributed by atoms with van der Waals surface area (Å²) in [5, 5.41) is 2.74. The Morgan fingerprint density at radius 3 is 2.05 bits per heavy atom. The van der Waals surface area contributed by atoms with E-state index < -0.39 is 46.4 Å². The number of ether oxygens (including phenoxy) is 1. The largest absolute Gasteiger partial charge is 0.459 e. The molecule has 3 aromatic carbocycles. The standard InChI is InChI=1S/C31H31FN2O5/c1-30(2,3)39-29(38)31(27(36)33-19-21-10-6-4-7-11-21)25(23-14-16-24(32)17-15-23)18-26(35)34(28(31)37)20-22-12-8-5-9-13-22/h4-17,25H,18-20H2,1-3H3,(H,33,36). The number of hydrogen-bond donors (Lipinski definition) is 1. The molecule has 39 heavy (non-hydrogen) atoms. The van der Waals surface area contributed by atoms with Crippen molar-refractivity contribution in [1.29, 1.82) is 0 Å². The van der Waals surface area contributed by atoms with E-state index in [1.165, 1.54) is 24.3 Å². The second-order valence-electron chi connectivity index (χ2n) is 10.6. The maximum atomic E-state index is 14.4. The second-order valence-corrected chi connectivity index (χ2v) is 10.6. The SMILES string of the molecule is CC(C)(C)OC(=O)C1(C(=O)NCc2ccccc2)C(=O)N(Cc2ccccc2)C(=O)CC1c1ccc(F)cc1. The predicted molar refractivity (Wildman–Crippen MR) is 142 cm³/mol. The van der Waals surface area contributed by atoms with Gasteiger partial charge in [-0.25, -0.2) is 4.39 Å². The fourth-order valence-corrected chi connectivity index (χ4v) is 4.76. The van der Waals surface area contributed by atoms with Crippen LogP contribution in [-0.4, -0.2) is 34.2 Å². The van der Waals surface area contributed by atoms with E-state index in [4.69, 9.17) is 4.74 Å². The summed E-state index contributed by atoms with van der Waals surface area (Å²) in [6, 6.07) is 23.0. The fraction of sp³-hybridized carbons (Fsp3) is 0.290. The van der Waals surface area contributed by atoms with Crippen LogP contribution >= 0.6 is 0 Å². The number of imide groups is 1. The highest BCUT2D eigenvalue weighted by molar-refractivity contribution is 6.26. The Morgan fingerprint density at radius 1 is 0.923 bits per heavy atom. The smallest absolute Gasteiger partial charge is 0.332 e. The molecule has 7 nitrogen and oxygen atoms in total. The lowest BCUT2D eigenvalue weighted by Crippen LogP contribution is -2.65. The molecule has 1 aliphatic heterocycles. The molecule has 3 amide bonds. The summed E-state index contributed by atoms with van der Waals surface area (Å²) in [5.41, 5.74) is -1.75. The van der Waals surface area contributed by atoms with E-state index in [1.54, 1.807) is 75.4 Å². The summed E-state index contributed by atoms with van der Waals surface area (Å²) in [6.07, 6.45) is -0.331. The van der Waals surface area contributed by atoms with Crippen molar-refractivity contribution >= 4 is 23.7 Å². The summed E-state index contributed by atoms with van der Waals surface area (Å²) in [7, 11) is 0. The molecule has 1 N–H and O–H groups in total. The van der Waals surface area contributed by atoms with E-state index in [1.807, 2.05) is 6.07 Å². The molecular formula is C31H31FN2O5. The zero-order valence-corrected chi connectivity index (χ0v) is 22.1. The third kappa shape index (κ3) is 5.90. The maximum absolute atomic E-state index is 14.4. The Morgan fingerprint density at radius 2 is 1.49 bits per heavy atom. The molecular weight excluding hydrogens is 499 g/mol. The molecule has 3 aromatic rings. The van der Waals surface area contributed by atoms with Gasteiger partial charge in [0, 0.05) is 18.9 Å². The number of nitrogens with zero attached hydrogens (tertiary/aromatic N) is 1. The van der Waals surface area contributed by atoms with Gasteiger partial charge in [-0.3, -0.25) is 24.1 Å². The van der Waals surface area contributed by atoms with Crippen molar-refractivity contribution in [3.63, 3.8) is 0 Å². The van der Waals surface area contributed by atoms with Crippen molar-refractivity contribution < 1.29 is 28.3 Å². The highest BCUT2D eigenvalue weighted by atomic mass is 19.1. The van der Waals surface area contributed by atoms with Gasteiger partial charge in [0.1, 0.15) is 11.4 Å². The van der Waals surface area contributed by atoms with Crippen LogP contribution in [0.2, 0.25) is 0 Å². The van der Waals surface area contributed by atoms with Crippen LogP contribution in [0.1, 0.15) is 49.8 Å². The van der Waals surface area contributed by atoms with Crippen LogP contribution in [0.3, 0.4) is 0 Å². The van der Waals surface area contributed by atoms with Gasteiger partial charge in [-0.2, -0.15) is 0 Å². The van der Waals surface area contributed by atoms with Gasteiger partial charge in [-0.05, 0) is 49.6 Å². The number of esters is 1. The van der Waals surface area contributed by atoms with Crippen LogP contribution < -0.4 is 5.32 Å². The average molecular weight is 531 g/mol. The molecule has 8 heteroatoms. The number of likely N-dealkylation sites (tertiary alicyclic amines) is 1. The van der Waals surface area contributed by atoms with E-state index in [0.717, 1.165) is 10.5 Å².